The number of carbonyl (C=O) groups excluding carboxylic acids is 3. The van der Waals surface area contributed by atoms with Crippen molar-refractivity contribution in [3.05, 3.63) is 183 Å². The zero-order chi connectivity index (χ0) is 47.7. The number of H-pyrrole nitrogens is 3. The summed E-state index contributed by atoms with van der Waals surface area (Å²) in [5.41, 5.74) is 4.35. The molecule has 0 aliphatic rings. The summed E-state index contributed by atoms with van der Waals surface area (Å²) in [6.45, 7) is 1.74. The zero-order valence-corrected chi connectivity index (χ0v) is 35.9. The Morgan fingerprint density at radius 1 is 0.377 bits per heavy atom. The molecule has 12 aromatic heterocycles. The van der Waals surface area contributed by atoms with Gasteiger partial charge in [0.05, 0.1) is 76.2 Å². The van der Waals surface area contributed by atoms with Gasteiger partial charge in [-0.25, -0.2) is 44.9 Å². The van der Waals surface area contributed by atoms with Gasteiger partial charge in [0, 0.05) is 0 Å². The number of carbonyl (C=O) groups is 3. The largest absolute Gasteiger partial charge is 0.467 e. The van der Waals surface area contributed by atoms with Gasteiger partial charge in [-0.15, -0.1) is 0 Å². The van der Waals surface area contributed by atoms with Gasteiger partial charge in [0.25, 0.3) is 0 Å². The number of furan rings is 6. The Bertz CT molecular complexity index is 2910. The number of aldehydes is 3. The van der Waals surface area contributed by atoms with E-state index in [-0.39, 0.29) is 0 Å². The van der Waals surface area contributed by atoms with Crippen molar-refractivity contribution >= 4 is 69.8 Å². The smallest absolute Gasteiger partial charge is 0.185 e. The summed E-state index contributed by atoms with van der Waals surface area (Å²) in [7, 11) is 0. The van der Waals surface area contributed by atoms with Gasteiger partial charge in [0.2, 0.25) is 0 Å². The van der Waals surface area contributed by atoms with Crippen LogP contribution in [-0.2, 0) is 19.6 Å². The van der Waals surface area contributed by atoms with E-state index in [4.69, 9.17) is 13.3 Å². The van der Waals surface area contributed by atoms with Gasteiger partial charge in [0.15, 0.2) is 70.5 Å². The van der Waals surface area contributed by atoms with E-state index >= 15 is 0 Å². The maximum absolute atomic E-state index is 9.77. The number of nitrogens with one attached hydrogen (secondary N) is 6. The van der Waals surface area contributed by atoms with E-state index in [0.29, 0.717) is 72.7 Å². The second kappa shape index (κ2) is 25.3. The Morgan fingerprint density at radius 3 is 0.899 bits per heavy atom. The molecule has 24 nitrogen and oxygen atoms in total. The first-order valence-corrected chi connectivity index (χ1v) is 20.3. The molecule has 0 atom stereocenters. The lowest BCUT2D eigenvalue weighted by atomic mass is 10.4. The van der Waals surface area contributed by atoms with Crippen LogP contribution in [0.1, 0.15) is 48.9 Å². The molecule has 24 heteroatoms. The van der Waals surface area contributed by atoms with Crippen molar-refractivity contribution in [2.45, 2.75) is 19.6 Å². The van der Waals surface area contributed by atoms with Crippen LogP contribution in [0.2, 0.25) is 0 Å². The van der Waals surface area contributed by atoms with Crippen LogP contribution < -0.4 is 16.0 Å². The van der Waals surface area contributed by atoms with Gasteiger partial charge in [-0.1, -0.05) is 0 Å². The molecule has 0 aliphatic carbocycles. The van der Waals surface area contributed by atoms with Gasteiger partial charge in [-0.3, -0.25) is 14.4 Å². The van der Waals surface area contributed by atoms with Crippen molar-refractivity contribution in [3.8, 4) is 0 Å². The molecule has 12 aromatic rings. The molecule has 0 bridgehead atoms. The molecule has 0 saturated carbocycles. The number of fused-ring (bicyclic) bond motifs is 3. The molecule has 348 valence electrons. The van der Waals surface area contributed by atoms with Crippen LogP contribution in [0.3, 0.4) is 0 Å². The van der Waals surface area contributed by atoms with Crippen LogP contribution in [0, 0.1) is 0 Å². The third-order valence-corrected chi connectivity index (χ3v) is 8.68. The molecule has 0 aromatic carbocycles. The van der Waals surface area contributed by atoms with Crippen LogP contribution in [0.25, 0.3) is 33.5 Å². The highest BCUT2D eigenvalue weighted by Gasteiger charge is 2.08. The highest BCUT2D eigenvalue weighted by molar-refractivity contribution is 5.83. The molecule has 0 unspecified atom stereocenters. The quantitative estimate of drug-likeness (QED) is 0.0633. The standard InChI is InChI=1S/3C10H9N5O.3C5H4O2/c3*1-2-7(16-3-1)4-11-9-8-10(13-5-12-8)15-6-14-9;3*6-4-5-2-1-3-7-5/h3*1-3,5-6H,4H2,(H2,11,12,13,14,15);3*1-4H. The highest BCUT2D eigenvalue weighted by Crippen LogP contribution is 2.18. The van der Waals surface area contributed by atoms with Crippen molar-refractivity contribution in [2.24, 2.45) is 0 Å². The van der Waals surface area contributed by atoms with Gasteiger partial charge in [-0.2, -0.15) is 0 Å². The lowest BCUT2D eigenvalue weighted by molar-refractivity contribution is 0.109. The van der Waals surface area contributed by atoms with Gasteiger partial charge >= 0.3 is 0 Å². The Hall–Kier alpha value is -10.3. The number of rotatable bonds is 12. The van der Waals surface area contributed by atoms with E-state index in [9.17, 15) is 14.4 Å². The number of aromatic nitrogens is 12. The molecule has 0 saturated heterocycles. The molecule has 12 rings (SSSR count). The average molecular weight is 934 g/mol. The minimum atomic E-state index is 0.375. The highest BCUT2D eigenvalue weighted by atomic mass is 16.3. The molecule has 69 heavy (non-hydrogen) atoms. The monoisotopic (exact) mass is 933 g/mol. The first-order valence-electron chi connectivity index (χ1n) is 20.3. The van der Waals surface area contributed by atoms with Crippen molar-refractivity contribution in [2.75, 3.05) is 16.0 Å². The summed E-state index contributed by atoms with van der Waals surface area (Å²) in [5.74, 6) is 5.85. The molecule has 6 N–H and O–H groups in total. The lowest BCUT2D eigenvalue weighted by Crippen LogP contribution is -2.01. The normalized spacial score (nSPS) is 10.1. The predicted octanol–water partition coefficient (Wildman–Crippen LogP) is 7.95. The van der Waals surface area contributed by atoms with E-state index in [1.165, 1.54) is 37.8 Å². The number of imidazole rings is 3. The first kappa shape index (κ1) is 46.7. The second-order valence-electron chi connectivity index (χ2n) is 13.2. The van der Waals surface area contributed by atoms with Gasteiger partial charge in [0.1, 0.15) is 52.8 Å². The van der Waals surface area contributed by atoms with E-state index < -0.39 is 0 Å². The van der Waals surface area contributed by atoms with E-state index in [2.05, 4.69) is 89.0 Å². The van der Waals surface area contributed by atoms with E-state index in [0.717, 1.165) is 51.3 Å². The Balaban J connectivity index is 0.000000127. The Labute approximate surface area is 388 Å². The summed E-state index contributed by atoms with van der Waals surface area (Å²) in [6, 6.07) is 21.1. The van der Waals surface area contributed by atoms with Crippen molar-refractivity contribution < 1.29 is 40.9 Å². The molecule has 0 amide bonds. The van der Waals surface area contributed by atoms with Gasteiger partial charge < -0.3 is 57.4 Å². The molecular weight excluding hydrogens is 895 g/mol. The van der Waals surface area contributed by atoms with Crippen LogP contribution in [0.4, 0.5) is 17.5 Å². The second-order valence-corrected chi connectivity index (χ2v) is 13.2. The Kier molecular flexibility index (Phi) is 17.1. The summed E-state index contributed by atoms with van der Waals surface area (Å²) in [4.78, 5) is 75.0. The van der Waals surface area contributed by atoms with E-state index in [1.54, 1.807) is 74.2 Å². The van der Waals surface area contributed by atoms with Crippen LogP contribution in [0.15, 0.2) is 175 Å². The Morgan fingerprint density at radius 2 is 0.667 bits per heavy atom. The number of hydrogen-bond donors (Lipinski definition) is 6. The zero-order valence-electron chi connectivity index (χ0n) is 35.9. The summed E-state index contributed by atoms with van der Waals surface area (Å²) in [5, 5.41) is 9.48. The fourth-order valence-corrected chi connectivity index (χ4v) is 5.52. The SMILES string of the molecule is O=Cc1ccco1.O=Cc1ccco1.O=Cc1ccco1.c1coc(CNc2ncnc3nc[nH]c23)c1.c1coc(CNc2ncnc3nc[nH]c23)c1.c1coc(CNc2ncnc3nc[nH]c23)c1. The molecule has 12 heterocycles. The van der Waals surface area contributed by atoms with Crippen LogP contribution in [0.5, 0.6) is 0 Å². The molecule has 0 radical (unpaired) electrons. The van der Waals surface area contributed by atoms with Crippen molar-refractivity contribution in [1.29, 1.82) is 0 Å². The lowest BCUT2D eigenvalue weighted by Gasteiger charge is -2.03. The third kappa shape index (κ3) is 14.1. The van der Waals surface area contributed by atoms with Crippen LogP contribution >= 0.6 is 0 Å². The predicted molar refractivity (Wildman–Crippen MR) is 245 cm³/mol. The minimum Gasteiger partial charge on any atom is -0.467 e. The third-order valence-electron chi connectivity index (χ3n) is 8.68. The van der Waals surface area contributed by atoms with Crippen molar-refractivity contribution in [1.82, 2.24) is 59.8 Å². The molecule has 0 aliphatic heterocycles. The number of aromatic amines is 3. The minimum absolute atomic E-state index is 0.375. The summed E-state index contributed by atoms with van der Waals surface area (Å²) in [6.07, 6.45) is 20.5. The number of anilines is 3. The fraction of sp³-hybridized carbons (Fsp3) is 0.0667. The maximum atomic E-state index is 9.77. The molecule has 0 spiro atoms. The molecular formula is C45H39N15O9. The molecule has 0 fully saturated rings. The van der Waals surface area contributed by atoms with Crippen LogP contribution in [-0.4, -0.2) is 78.7 Å². The number of hydrogen-bond acceptors (Lipinski definition) is 21. The number of nitrogens with zero attached hydrogens (tertiary/aromatic N) is 9. The topological polar surface area (TPSA) is 330 Å². The average Bonchev–Trinajstić information content (AvgIpc) is 4.25. The summed E-state index contributed by atoms with van der Waals surface area (Å²) < 4.78 is 29.5. The van der Waals surface area contributed by atoms with Gasteiger partial charge in [-0.05, 0) is 72.8 Å². The van der Waals surface area contributed by atoms with Crippen molar-refractivity contribution in [3.63, 3.8) is 0 Å². The first-order chi connectivity index (χ1) is 34.1. The fourth-order valence-electron chi connectivity index (χ4n) is 5.52. The maximum Gasteiger partial charge on any atom is 0.185 e. The van der Waals surface area contributed by atoms with E-state index in [1.807, 2.05) is 36.4 Å². The summed E-state index contributed by atoms with van der Waals surface area (Å²) >= 11 is 0.